The van der Waals surface area contributed by atoms with Crippen molar-refractivity contribution in [1.82, 2.24) is 9.88 Å². The average Bonchev–Trinajstić information content (AvgIpc) is 2.77. The summed E-state index contributed by atoms with van der Waals surface area (Å²) in [5, 5.41) is 9.01. The molecule has 6 heteroatoms. The van der Waals surface area contributed by atoms with Crippen LogP contribution in [-0.4, -0.2) is 48.4 Å². The maximum Gasteiger partial charge on any atom is 0.209 e. The fraction of sp³-hybridized carbons (Fsp3) is 0.462. The van der Waals surface area contributed by atoms with Crippen molar-refractivity contribution in [1.29, 1.82) is 0 Å². The van der Waals surface area contributed by atoms with E-state index >= 15 is 0 Å². The lowest BCUT2D eigenvalue weighted by atomic mass is 10.3. The second kappa shape index (κ2) is 6.60. The predicted octanol–water partition coefficient (Wildman–Crippen LogP) is 1.41. The number of halogens is 1. The summed E-state index contributed by atoms with van der Waals surface area (Å²) < 4.78 is 23.6. The molecule has 19 heavy (non-hydrogen) atoms. The second-order valence-corrected chi connectivity index (χ2v) is 4.21. The van der Waals surface area contributed by atoms with Crippen LogP contribution in [-0.2, 0) is 11.3 Å². The highest BCUT2D eigenvalue weighted by molar-refractivity contribution is 5.72. The number of aliphatic hydroxyl groups excluding tert-OH is 1. The maximum absolute atomic E-state index is 13.1. The normalized spacial score (nSPS) is 11.6. The predicted molar refractivity (Wildman–Crippen MR) is 68.2 cm³/mol. The zero-order chi connectivity index (χ0) is 13.7. The Labute approximate surface area is 110 Å². The molecule has 0 saturated heterocycles. The molecule has 1 aromatic heterocycles. The summed E-state index contributed by atoms with van der Waals surface area (Å²) in [6.07, 6.45) is 0. The number of hydrogen-bond donors (Lipinski definition) is 1. The summed E-state index contributed by atoms with van der Waals surface area (Å²) in [5.74, 6) is 0.170. The first kappa shape index (κ1) is 13.9. The molecular formula is C13H17FN2O3. The first-order valence-corrected chi connectivity index (χ1v) is 6.10. The van der Waals surface area contributed by atoms with Crippen molar-refractivity contribution in [3.8, 4) is 0 Å². The molecule has 104 valence electrons. The van der Waals surface area contributed by atoms with Crippen molar-refractivity contribution in [2.45, 2.75) is 6.54 Å². The Balaban J connectivity index is 2.09. The van der Waals surface area contributed by atoms with Gasteiger partial charge < -0.3 is 14.3 Å². The van der Waals surface area contributed by atoms with Crippen LogP contribution in [0.1, 0.15) is 5.89 Å². The molecule has 0 unspecified atom stereocenters. The molecule has 0 saturated carbocycles. The molecular weight excluding hydrogens is 251 g/mol. The van der Waals surface area contributed by atoms with E-state index in [-0.39, 0.29) is 12.4 Å². The van der Waals surface area contributed by atoms with E-state index in [1.54, 1.807) is 13.2 Å². The largest absolute Gasteiger partial charge is 0.439 e. The van der Waals surface area contributed by atoms with Crippen molar-refractivity contribution in [2.24, 2.45) is 0 Å². The Morgan fingerprint density at radius 3 is 3.00 bits per heavy atom. The summed E-state index contributed by atoms with van der Waals surface area (Å²) in [5.41, 5.74) is 1.07. The number of ether oxygens (including phenoxy) is 1. The van der Waals surface area contributed by atoms with Crippen LogP contribution in [0.4, 0.5) is 4.39 Å². The zero-order valence-electron chi connectivity index (χ0n) is 10.8. The maximum atomic E-state index is 13.1. The molecule has 0 aliphatic rings. The molecule has 1 heterocycles. The van der Waals surface area contributed by atoms with Gasteiger partial charge in [-0.25, -0.2) is 9.37 Å². The van der Waals surface area contributed by atoms with E-state index < -0.39 is 0 Å². The number of aliphatic hydroxyl groups is 1. The van der Waals surface area contributed by atoms with E-state index in [1.165, 1.54) is 12.1 Å². The average molecular weight is 268 g/mol. The molecule has 0 atom stereocenters. The Morgan fingerprint density at radius 1 is 1.42 bits per heavy atom. The second-order valence-electron chi connectivity index (χ2n) is 4.21. The Morgan fingerprint density at radius 2 is 2.26 bits per heavy atom. The third kappa shape index (κ3) is 3.73. The van der Waals surface area contributed by atoms with Crippen LogP contribution in [0.2, 0.25) is 0 Å². The lowest BCUT2D eigenvalue weighted by molar-refractivity contribution is 0.121. The molecule has 0 aliphatic carbocycles. The molecule has 0 amide bonds. The Hall–Kier alpha value is -1.50. The molecule has 0 aliphatic heterocycles. The van der Waals surface area contributed by atoms with Crippen LogP contribution in [0.3, 0.4) is 0 Å². The number of hydrogen-bond acceptors (Lipinski definition) is 5. The minimum atomic E-state index is -0.334. The number of methoxy groups -OCH3 is 1. The molecule has 1 aromatic carbocycles. The molecule has 5 nitrogen and oxygen atoms in total. The van der Waals surface area contributed by atoms with Gasteiger partial charge in [0.2, 0.25) is 5.89 Å². The van der Waals surface area contributed by atoms with Crippen molar-refractivity contribution in [2.75, 3.05) is 33.4 Å². The molecule has 0 radical (unpaired) electrons. The number of fused-ring (bicyclic) bond motifs is 1. The van der Waals surface area contributed by atoms with Gasteiger partial charge in [0, 0.05) is 26.3 Å². The Bertz CT molecular complexity index is 530. The molecule has 0 spiro atoms. The van der Waals surface area contributed by atoms with E-state index in [9.17, 15) is 4.39 Å². The third-order valence-corrected chi connectivity index (χ3v) is 2.78. The van der Waals surface area contributed by atoms with Gasteiger partial charge in [0.25, 0.3) is 0 Å². The van der Waals surface area contributed by atoms with E-state index in [2.05, 4.69) is 4.98 Å². The van der Waals surface area contributed by atoms with Gasteiger partial charge in [-0.2, -0.15) is 0 Å². The van der Waals surface area contributed by atoms with Crippen LogP contribution in [0, 0.1) is 5.82 Å². The molecule has 0 fully saturated rings. The van der Waals surface area contributed by atoms with Crippen LogP contribution in [0.15, 0.2) is 22.6 Å². The quantitative estimate of drug-likeness (QED) is 0.822. The Kier molecular flexibility index (Phi) is 4.84. The van der Waals surface area contributed by atoms with Crippen LogP contribution in [0.25, 0.3) is 11.1 Å². The first-order valence-electron chi connectivity index (χ1n) is 6.10. The number of oxazole rings is 1. The van der Waals surface area contributed by atoms with Crippen LogP contribution in [0.5, 0.6) is 0 Å². The van der Waals surface area contributed by atoms with Gasteiger partial charge in [0.1, 0.15) is 11.3 Å². The summed E-state index contributed by atoms with van der Waals surface area (Å²) >= 11 is 0. The number of aromatic nitrogens is 1. The highest BCUT2D eigenvalue weighted by atomic mass is 19.1. The van der Waals surface area contributed by atoms with E-state index in [4.69, 9.17) is 14.3 Å². The first-order chi connectivity index (χ1) is 9.22. The molecule has 0 bridgehead atoms. The van der Waals surface area contributed by atoms with E-state index in [0.29, 0.717) is 43.2 Å². The van der Waals surface area contributed by atoms with Crippen molar-refractivity contribution < 1.29 is 18.7 Å². The van der Waals surface area contributed by atoms with Gasteiger partial charge >= 0.3 is 0 Å². The minimum Gasteiger partial charge on any atom is -0.439 e. The topological polar surface area (TPSA) is 58.7 Å². The van der Waals surface area contributed by atoms with Gasteiger partial charge in [-0.3, -0.25) is 4.90 Å². The summed E-state index contributed by atoms with van der Waals surface area (Å²) in [7, 11) is 1.62. The van der Waals surface area contributed by atoms with Crippen molar-refractivity contribution in [3.63, 3.8) is 0 Å². The standard InChI is InChI=1S/C13H17FN2O3/c1-18-7-5-16(4-6-17)9-13-15-11-8-10(14)2-3-12(11)19-13/h2-3,8,17H,4-7,9H2,1H3. The third-order valence-electron chi connectivity index (χ3n) is 2.78. The van der Waals surface area contributed by atoms with Crippen LogP contribution < -0.4 is 0 Å². The van der Waals surface area contributed by atoms with Gasteiger partial charge in [0.05, 0.1) is 19.8 Å². The lowest BCUT2D eigenvalue weighted by Gasteiger charge is -2.18. The van der Waals surface area contributed by atoms with Crippen molar-refractivity contribution in [3.05, 3.63) is 29.9 Å². The van der Waals surface area contributed by atoms with Crippen molar-refractivity contribution >= 4 is 11.1 Å². The van der Waals surface area contributed by atoms with Gasteiger partial charge in [-0.1, -0.05) is 0 Å². The highest BCUT2D eigenvalue weighted by Crippen LogP contribution is 2.17. The monoisotopic (exact) mass is 268 g/mol. The SMILES string of the molecule is COCCN(CCO)Cc1nc2cc(F)ccc2o1. The number of nitrogens with zero attached hydrogens (tertiary/aromatic N) is 2. The van der Waals surface area contributed by atoms with Gasteiger partial charge in [0.15, 0.2) is 5.58 Å². The molecule has 2 aromatic rings. The van der Waals surface area contributed by atoms with Gasteiger partial charge in [-0.15, -0.1) is 0 Å². The van der Waals surface area contributed by atoms with E-state index in [1.807, 2.05) is 4.90 Å². The summed E-state index contributed by atoms with van der Waals surface area (Å²) in [6, 6.07) is 4.24. The van der Waals surface area contributed by atoms with E-state index in [0.717, 1.165) is 0 Å². The fourth-order valence-corrected chi connectivity index (χ4v) is 1.84. The summed E-state index contributed by atoms with van der Waals surface area (Å²) in [4.78, 5) is 6.20. The minimum absolute atomic E-state index is 0.0541. The van der Waals surface area contributed by atoms with Crippen LogP contribution >= 0.6 is 0 Å². The highest BCUT2D eigenvalue weighted by Gasteiger charge is 2.11. The lowest BCUT2D eigenvalue weighted by Crippen LogP contribution is -2.29. The van der Waals surface area contributed by atoms with Gasteiger partial charge in [-0.05, 0) is 12.1 Å². The molecule has 1 N–H and O–H groups in total. The zero-order valence-corrected chi connectivity index (χ0v) is 10.8. The number of benzene rings is 1. The summed E-state index contributed by atoms with van der Waals surface area (Å²) in [6.45, 7) is 2.26. The fourth-order valence-electron chi connectivity index (χ4n) is 1.84. The molecule has 2 rings (SSSR count). The number of rotatable bonds is 7. The smallest absolute Gasteiger partial charge is 0.209 e.